The van der Waals surface area contributed by atoms with Crippen molar-refractivity contribution >= 4 is 16.8 Å². The fourth-order valence-corrected chi connectivity index (χ4v) is 2.65. The molecule has 0 aliphatic heterocycles. The summed E-state index contributed by atoms with van der Waals surface area (Å²) in [7, 11) is 2.10. The Labute approximate surface area is 126 Å². The van der Waals surface area contributed by atoms with Crippen molar-refractivity contribution in [1.29, 1.82) is 0 Å². The number of para-hydroxylation sites is 1. The standard InChI is InChI=1S/C17H25N3O/c1-4-10-19-17(21)9-11-18-12-16-13(2)14-7-5-6-8-15(14)20(16)3/h5-8,18H,4,9-12H2,1-3H3,(H,19,21). The van der Waals surface area contributed by atoms with Crippen LogP contribution < -0.4 is 10.6 Å². The topological polar surface area (TPSA) is 46.1 Å². The number of amides is 1. The molecule has 4 nitrogen and oxygen atoms in total. The third-order valence-electron chi connectivity index (χ3n) is 3.90. The highest BCUT2D eigenvalue weighted by Gasteiger charge is 2.10. The lowest BCUT2D eigenvalue weighted by molar-refractivity contribution is -0.120. The average molecular weight is 287 g/mol. The van der Waals surface area contributed by atoms with E-state index in [1.807, 2.05) is 0 Å². The molecule has 0 fully saturated rings. The maximum absolute atomic E-state index is 11.5. The van der Waals surface area contributed by atoms with E-state index in [9.17, 15) is 4.79 Å². The Balaban J connectivity index is 1.91. The maximum atomic E-state index is 11.5. The van der Waals surface area contributed by atoms with E-state index < -0.39 is 0 Å². The van der Waals surface area contributed by atoms with Gasteiger partial charge in [-0.1, -0.05) is 25.1 Å². The van der Waals surface area contributed by atoms with Crippen LogP contribution in [0.4, 0.5) is 0 Å². The van der Waals surface area contributed by atoms with Crippen molar-refractivity contribution in [3.63, 3.8) is 0 Å². The first-order valence-electron chi connectivity index (χ1n) is 7.65. The Morgan fingerprint density at radius 3 is 2.71 bits per heavy atom. The van der Waals surface area contributed by atoms with Crippen LogP contribution in [0.3, 0.4) is 0 Å². The van der Waals surface area contributed by atoms with Gasteiger partial charge in [-0.25, -0.2) is 0 Å². The van der Waals surface area contributed by atoms with E-state index in [1.165, 1.54) is 22.2 Å². The van der Waals surface area contributed by atoms with Crippen LogP contribution in [0.5, 0.6) is 0 Å². The van der Waals surface area contributed by atoms with Crippen molar-refractivity contribution in [1.82, 2.24) is 15.2 Å². The Morgan fingerprint density at radius 1 is 1.24 bits per heavy atom. The van der Waals surface area contributed by atoms with Gasteiger partial charge in [0, 0.05) is 49.7 Å². The van der Waals surface area contributed by atoms with Gasteiger partial charge in [0.2, 0.25) is 5.91 Å². The summed E-state index contributed by atoms with van der Waals surface area (Å²) < 4.78 is 2.23. The third kappa shape index (κ3) is 3.64. The molecule has 0 unspecified atom stereocenters. The van der Waals surface area contributed by atoms with E-state index in [4.69, 9.17) is 0 Å². The lowest BCUT2D eigenvalue weighted by atomic mass is 10.1. The van der Waals surface area contributed by atoms with Crippen molar-refractivity contribution in [2.45, 2.75) is 33.2 Å². The van der Waals surface area contributed by atoms with Gasteiger partial charge in [0.05, 0.1) is 0 Å². The number of rotatable bonds is 7. The van der Waals surface area contributed by atoms with E-state index in [0.717, 1.165) is 19.5 Å². The Kier molecular flexibility index (Phi) is 5.39. The van der Waals surface area contributed by atoms with Crippen molar-refractivity contribution in [2.75, 3.05) is 13.1 Å². The van der Waals surface area contributed by atoms with Gasteiger partial charge < -0.3 is 15.2 Å². The average Bonchev–Trinajstić information content (AvgIpc) is 2.74. The number of benzene rings is 1. The van der Waals surface area contributed by atoms with Crippen molar-refractivity contribution in [3.8, 4) is 0 Å². The highest BCUT2D eigenvalue weighted by atomic mass is 16.1. The van der Waals surface area contributed by atoms with Gasteiger partial charge in [0.25, 0.3) is 0 Å². The van der Waals surface area contributed by atoms with Crippen molar-refractivity contribution < 1.29 is 4.79 Å². The monoisotopic (exact) mass is 287 g/mol. The van der Waals surface area contributed by atoms with Crippen LogP contribution in [-0.2, 0) is 18.4 Å². The summed E-state index contributed by atoms with van der Waals surface area (Å²) in [6.45, 7) is 6.48. The summed E-state index contributed by atoms with van der Waals surface area (Å²) in [5.74, 6) is 0.123. The number of aromatic nitrogens is 1. The summed E-state index contributed by atoms with van der Waals surface area (Å²) >= 11 is 0. The molecule has 0 saturated heterocycles. The first kappa shape index (κ1) is 15.6. The highest BCUT2D eigenvalue weighted by Crippen LogP contribution is 2.24. The third-order valence-corrected chi connectivity index (χ3v) is 3.90. The Morgan fingerprint density at radius 2 is 2.00 bits per heavy atom. The number of aryl methyl sites for hydroxylation is 2. The summed E-state index contributed by atoms with van der Waals surface area (Å²) in [4.78, 5) is 11.5. The van der Waals surface area contributed by atoms with Gasteiger partial charge in [0.1, 0.15) is 0 Å². The quantitative estimate of drug-likeness (QED) is 0.769. The van der Waals surface area contributed by atoms with Crippen LogP contribution in [-0.4, -0.2) is 23.6 Å². The minimum Gasteiger partial charge on any atom is -0.356 e. The van der Waals surface area contributed by atoms with Gasteiger partial charge >= 0.3 is 0 Å². The number of hydrogen-bond donors (Lipinski definition) is 2. The van der Waals surface area contributed by atoms with E-state index in [0.29, 0.717) is 13.0 Å². The second-order valence-electron chi connectivity index (χ2n) is 5.42. The molecule has 1 heterocycles. The first-order valence-corrected chi connectivity index (χ1v) is 7.65. The molecule has 0 aliphatic rings. The summed E-state index contributed by atoms with van der Waals surface area (Å²) in [6.07, 6.45) is 1.51. The zero-order valence-electron chi connectivity index (χ0n) is 13.2. The molecular formula is C17H25N3O. The summed E-state index contributed by atoms with van der Waals surface area (Å²) in [6, 6.07) is 8.44. The predicted octanol–water partition coefficient (Wildman–Crippen LogP) is 2.49. The molecule has 0 spiro atoms. The summed E-state index contributed by atoms with van der Waals surface area (Å²) in [5.41, 5.74) is 3.86. The molecular weight excluding hydrogens is 262 g/mol. The molecule has 2 N–H and O–H groups in total. The molecule has 114 valence electrons. The van der Waals surface area contributed by atoms with Crippen molar-refractivity contribution in [3.05, 3.63) is 35.5 Å². The van der Waals surface area contributed by atoms with Gasteiger partial charge in [-0.05, 0) is 25.0 Å². The predicted molar refractivity (Wildman–Crippen MR) is 87.3 cm³/mol. The largest absolute Gasteiger partial charge is 0.356 e. The molecule has 0 bridgehead atoms. The molecule has 2 aromatic rings. The van der Waals surface area contributed by atoms with Crippen LogP contribution in [0.15, 0.2) is 24.3 Å². The number of carbonyl (C=O) groups is 1. The number of carbonyl (C=O) groups excluding carboxylic acids is 1. The van der Waals surface area contributed by atoms with Gasteiger partial charge in [-0.15, -0.1) is 0 Å². The number of nitrogens with zero attached hydrogens (tertiary/aromatic N) is 1. The normalized spacial score (nSPS) is 11.0. The number of fused-ring (bicyclic) bond motifs is 1. The minimum absolute atomic E-state index is 0.123. The molecule has 0 aliphatic carbocycles. The molecule has 0 radical (unpaired) electrons. The second kappa shape index (κ2) is 7.27. The molecule has 2 rings (SSSR count). The number of hydrogen-bond acceptors (Lipinski definition) is 2. The van der Waals surface area contributed by atoms with Gasteiger partial charge in [-0.2, -0.15) is 0 Å². The lowest BCUT2D eigenvalue weighted by Crippen LogP contribution is -2.28. The SMILES string of the molecule is CCCNC(=O)CCNCc1c(C)c2ccccc2n1C. The fraction of sp³-hybridized carbons (Fsp3) is 0.471. The smallest absolute Gasteiger partial charge is 0.221 e. The highest BCUT2D eigenvalue weighted by molar-refractivity contribution is 5.85. The fourth-order valence-electron chi connectivity index (χ4n) is 2.65. The van der Waals surface area contributed by atoms with Gasteiger partial charge in [0.15, 0.2) is 0 Å². The van der Waals surface area contributed by atoms with Crippen LogP contribution >= 0.6 is 0 Å². The molecule has 4 heteroatoms. The van der Waals surface area contributed by atoms with Crippen LogP contribution in [0, 0.1) is 6.92 Å². The van der Waals surface area contributed by atoms with Crippen LogP contribution in [0.25, 0.3) is 10.9 Å². The van der Waals surface area contributed by atoms with Gasteiger partial charge in [-0.3, -0.25) is 4.79 Å². The van der Waals surface area contributed by atoms with E-state index in [1.54, 1.807) is 0 Å². The molecule has 1 amide bonds. The summed E-state index contributed by atoms with van der Waals surface area (Å²) in [5, 5.41) is 7.56. The zero-order valence-corrected chi connectivity index (χ0v) is 13.2. The molecule has 21 heavy (non-hydrogen) atoms. The minimum atomic E-state index is 0.123. The molecule has 1 aromatic heterocycles. The van der Waals surface area contributed by atoms with Crippen molar-refractivity contribution in [2.24, 2.45) is 7.05 Å². The van der Waals surface area contributed by atoms with Crippen LogP contribution in [0.1, 0.15) is 31.0 Å². The van der Waals surface area contributed by atoms with E-state index >= 15 is 0 Å². The Bertz CT molecular complexity index is 577. The van der Waals surface area contributed by atoms with E-state index in [-0.39, 0.29) is 5.91 Å². The zero-order chi connectivity index (χ0) is 15.2. The number of nitrogens with one attached hydrogen (secondary N) is 2. The molecule has 0 atom stereocenters. The van der Waals surface area contributed by atoms with E-state index in [2.05, 4.69) is 60.4 Å². The first-order chi connectivity index (χ1) is 10.1. The Hall–Kier alpha value is -1.81. The molecule has 1 aromatic carbocycles. The maximum Gasteiger partial charge on any atom is 0.221 e. The molecule has 0 saturated carbocycles. The van der Waals surface area contributed by atoms with Crippen LogP contribution in [0.2, 0.25) is 0 Å². The lowest BCUT2D eigenvalue weighted by Gasteiger charge is -2.08. The second-order valence-corrected chi connectivity index (χ2v) is 5.42.